The van der Waals surface area contributed by atoms with Crippen molar-refractivity contribution in [2.45, 2.75) is 83.1 Å². The van der Waals surface area contributed by atoms with Crippen molar-refractivity contribution in [2.24, 2.45) is 0 Å². The molecule has 0 saturated carbocycles. The predicted octanol–water partition coefficient (Wildman–Crippen LogP) is 14.5. The largest absolute Gasteiger partial charge is 0.388 e. The Bertz CT molecular complexity index is 784. The fourth-order valence-corrected chi connectivity index (χ4v) is 1.92. The lowest BCUT2D eigenvalue weighted by molar-refractivity contribution is 0.277. The molecule has 0 atom stereocenters. The number of benzene rings is 5. The quantitative estimate of drug-likeness (QED) is 0.161. The minimum atomic E-state index is -2.67. The van der Waals surface area contributed by atoms with Crippen LogP contribution in [0.15, 0.2) is 182 Å². The monoisotopic (exact) mass is 711 g/mol. The zero-order valence-electron chi connectivity index (χ0n) is 35.0. The van der Waals surface area contributed by atoms with E-state index < -0.39 is 9.84 Å². The highest BCUT2D eigenvalue weighted by molar-refractivity contribution is 7.89. The summed E-state index contributed by atoms with van der Waals surface area (Å²) in [6.07, 6.45) is 2.32. The molecule has 4 heteroatoms. The van der Waals surface area contributed by atoms with Gasteiger partial charge in [-0.15, -0.1) is 0 Å². The minimum Gasteiger partial charge on any atom is -0.388 e. The van der Waals surface area contributed by atoms with Crippen molar-refractivity contribution >= 4 is 9.84 Å². The SMILES string of the molecule is CC.CC.CC.CC.CC.CC.COC.CS(C)(=O)=O.c1ccccc1.c1ccccc1.c1ccccc1.c1ccccc1.c1ccccc1. The van der Waals surface area contributed by atoms with Crippen LogP contribution in [0.3, 0.4) is 0 Å². The second-order valence-electron chi connectivity index (χ2n) is 7.32. The van der Waals surface area contributed by atoms with E-state index in [9.17, 15) is 8.42 Å². The zero-order valence-corrected chi connectivity index (χ0v) is 35.8. The lowest BCUT2D eigenvalue weighted by Gasteiger charge is -1.69. The van der Waals surface area contributed by atoms with Gasteiger partial charge in [-0.3, -0.25) is 0 Å². The number of rotatable bonds is 0. The van der Waals surface area contributed by atoms with E-state index in [-0.39, 0.29) is 0 Å². The van der Waals surface area contributed by atoms with Crippen molar-refractivity contribution in [1.82, 2.24) is 0 Å². The summed E-state index contributed by atoms with van der Waals surface area (Å²) in [4.78, 5) is 0. The van der Waals surface area contributed by atoms with E-state index in [1.807, 2.05) is 265 Å². The first-order chi connectivity index (χ1) is 24.4. The molecule has 286 valence electrons. The summed E-state index contributed by atoms with van der Waals surface area (Å²) in [6.45, 7) is 24.0. The van der Waals surface area contributed by atoms with E-state index in [1.165, 1.54) is 0 Å². The summed E-state index contributed by atoms with van der Waals surface area (Å²) in [5, 5.41) is 0. The molecule has 0 aromatic heterocycles. The van der Waals surface area contributed by atoms with Crippen LogP contribution in [-0.2, 0) is 14.6 Å². The van der Waals surface area contributed by atoms with E-state index in [0.29, 0.717) is 0 Å². The third-order valence-electron chi connectivity index (χ3n) is 3.33. The van der Waals surface area contributed by atoms with Crippen LogP contribution in [0.5, 0.6) is 0 Å². The van der Waals surface area contributed by atoms with Gasteiger partial charge < -0.3 is 4.74 Å². The first kappa shape index (κ1) is 64.5. The summed E-state index contributed by atoms with van der Waals surface area (Å²) in [7, 11) is 0.583. The maximum absolute atomic E-state index is 9.63. The highest BCUT2D eigenvalue weighted by Gasteiger charge is 1.79. The Hall–Kier alpha value is -3.99. The average molecular weight is 711 g/mol. The summed E-state index contributed by atoms with van der Waals surface area (Å²) < 4.78 is 23.5. The van der Waals surface area contributed by atoms with E-state index in [2.05, 4.69) is 4.74 Å². The van der Waals surface area contributed by atoms with Crippen LogP contribution in [0, 0.1) is 0 Å². The standard InChI is InChI=1S/5C6H6.C2H6O2S.C2H6O.6C2H6/c5*1-2-4-6-5-3-1;1-5(2,3)4;1-3-2;6*1-2/h5*1-6H;1-2H3;1-2H3;6*1-2H3. The Morgan fingerprint density at radius 3 is 0.280 bits per heavy atom. The molecular formula is C46H78O3S. The molecule has 0 amide bonds. The van der Waals surface area contributed by atoms with Gasteiger partial charge in [-0.2, -0.15) is 0 Å². The Kier molecular flexibility index (Phi) is 103. The number of sulfone groups is 1. The summed E-state index contributed by atoms with van der Waals surface area (Å²) >= 11 is 0. The molecule has 5 aromatic rings. The predicted molar refractivity (Wildman–Crippen MR) is 234 cm³/mol. The third-order valence-corrected chi connectivity index (χ3v) is 3.33. The third kappa shape index (κ3) is 120. The van der Waals surface area contributed by atoms with E-state index >= 15 is 0 Å². The van der Waals surface area contributed by atoms with Gasteiger partial charge in [-0.1, -0.05) is 265 Å². The summed E-state index contributed by atoms with van der Waals surface area (Å²) in [6, 6.07) is 60.0. The smallest absolute Gasteiger partial charge is 0.144 e. The Morgan fingerprint density at radius 2 is 0.260 bits per heavy atom. The number of hydrogen-bond acceptors (Lipinski definition) is 3. The number of methoxy groups -OCH3 is 1. The lowest BCUT2D eigenvalue weighted by atomic mass is 10.4. The van der Waals surface area contributed by atoms with Crippen LogP contribution in [0.4, 0.5) is 0 Å². The second kappa shape index (κ2) is 80.0. The van der Waals surface area contributed by atoms with Gasteiger partial charge in [-0.05, 0) is 0 Å². The van der Waals surface area contributed by atoms with Gasteiger partial charge in [0.2, 0.25) is 0 Å². The molecule has 0 bridgehead atoms. The maximum Gasteiger partial charge on any atom is 0.144 e. The highest BCUT2D eigenvalue weighted by Crippen LogP contribution is 1.82. The second-order valence-corrected chi connectivity index (χ2v) is 9.61. The van der Waals surface area contributed by atoms with Crippen LogP contribution in [0.2, 0.25) is 0 Å². The molecule has 0 aliphatic rings. The van der Waals surface area contributed by atoms with Crippen LogP contribution in [0.1, 0.15) is 83.1 Å². The molecule has 0 fully saturated rings. The molecule has 5 rings (SSSR count). The maximum atomic E-state index is 9.63. The van der Waals surface area contributed by atoms with Gasteiger partial charge in [0.05, 0.1) is 0 Å². The van der Waals surface area contributed by atoms with Crippen molar-refractivity contribution in [2.75, 3.05) is 26.7 Å². The molecule has 50 heavy (non-hydrogen) atoms. The van der Waals surface area contributed by atoms with E-state index in [4.69, 9.17) is 0 Å². The van der Waals surface area contributed by atoms with Crippen LogP contribution in [0.25, 0.3) is 0 Å². The Balaban J connectivity index is -0.0000000657. The number of ether oxygens (including phenoxy) is 1. The van der Waals surface area contributed by atoms with Gasteiger partial charge in [-0.25, -0.2) is 8.42 Å². The van der Waals surface area contributed by atoms with Crippen molar-refractivity contribution in [3.8, 4) is 0 Å². The molecule has 0 heterocycles. The molecule has 0 radical (unpaired) electrons. The number of hydrogen-bond donors (Lipinski definition) is 0. The molecular weight excluding hydrogens is 633 g/mol. The molecule has 0 unspecified atom stereocenters. The van der Waals surface area contributed by atoms with Gasteiger partial charge in [0.1, 0.15) is 9.84 Å². The normalized spacial score (nSPS) is 7.04. The molecule has 0 spiro atoms. The van der Waals surface area contributed by atoms with Crippen molar-refractivity contribution in [3.63, 3.8) is 0 Å². The first-order valence-electron chi connectivity index (χ1n) is 18.0. The fourth-order valence-electron chi connectivity index (χ4n) is 1.92. The zero-order chi connectivity index (χ0) is 40.4. The molecule has 0 N–H and O–H groups in total. The highest BCUT2D eigenvalue weighted by atomic mass is 32.2. The minimum absolute atomic E-state index is 1.16. The molecule has 0 aliphatic carbocycles. The summed E-state index contributed by atoms with van der Waals surface area (Å²) in [5.41, 5.74) is 0. The molecule has 0 aliphatic heterocycles. The molecule has 5 aromatic carbocycles. The first-order valence-corrected chi connectivity index (χ1v) is 20.3. The van der Waals surface area contributed by atoms with Gasteiger partial charge in [0.15, 0.2) is 0 Å². The van der Waals surface area contributed by atoms with E-state index in [0.717, 1.165) is 12.5 Å². The molecule has 0 saturated heterocycles. The van der Waals surface area contributed by atoms with Gasteiger partial charge in [0, 0.05) is 26.7 Å². The summed E-state index contributed by atoms with van der Waals surface area (Å²) in [5.74, 6) is 0. The van der Waals surface area contributed by atoms with E-state index in [1.54, 1.807) is 14.2 Å². The van der Waals surface area contributed by atoms with Crippen LogP contribution >= 0.6 is 0 Å². The van der Waals surface area contributed by atoms with Gasteiger partial charge in [0.25, 0.3) is 0 Å². The van der Waals surface area contributed by atoms with Crippen LogP contribution < -0.4 is 0 Å². The topological polar surface area (TPSA) is 43.4 Å². The van der Waals surface area contributed by atoms with Crippen molar-refractivity contribution in [3.05, 3.63) is 182 Å². The average Bonchev–Trinajstić information content (AvgIpc) is 3.23. The van der Waals surface area contributed by atoms with Crippen molar-refractivity contribution < 1.29 is 13.2 Å². The Labute approximate surface area is 313 Å². The van der Waals surface area contributed by atoms with Crippen molar-refractivity contribution in [1.29, 1.82) is 0 Å². The lowest BCUT2D eigenvalue weighted by Crippen LogP contribution is -1.86. The van der Waals surface area contributed by atoms with Gasteiger partial charge >= 0.3 is 0 Å². The molecule has 3 nitrogen and oxygen atoms in total. The Morgan fingerprint density at radius 1 is 0.240 bits per heavy atom. The van der Waals surface area contributed by atoms with Crippen LogP contribution in [-0.4, -0.2) is 35.1 Å². The fraction of sp³-hybridized carbons (Fsp3) is 0.348.